The van der Waals surface area contributed by atoms with Gasteiger partial charge >= 0.3 is 11.8 Å². The van der Waals surface area contributed by atoms with Gasteiger partial charge in [-0.25, -0.2) is 4.68 Å². The first kappa shape index (κ1) is 20.0. The first-order chi connectivity index (χ1) is 14.6. The highest BCUT2D eigenvalue weighted by molar-refractivity contribution is 5.89. The van der Waals surface area contributed by atoms with Gasteiger partial charge in [-0.1, -0.05) is 35.0 Å². The maximum absolute atomic E-state index is 12.2. The van der Waals surface area contributed by atoms with Crippen LogP contribution < -0.4 is 10.9 Å². The van der Waals surface area contributed by atoms with Gasteiger partial charge in [0.05, 0.1) is 5.69 Å². The van der Waals surface area contributed by atoms with Gasteiger partial charge in [0.2, 0.25) is 0 Å². The molecule has 1 fully saturated rings. The number of hydrogen-bond donors (Lipinski definition) is 1. The minimum Gasteiger partial charge on any atom is -0.347 e. The monoisotopic (exact) mass is 408 g/mol. The Balaban J connectivity index is 1.40. The molecular weight excluding hydrogens is 384 g/mol. The van der Waals surface area contributed by atoms with Crippen molar-refractivity contribution in [3.63, 3.8) is 0 Å². The molecule has 3 heterocycles. The van der Waals surface area contributed by atoms with Crippen LogP contribution in [0.5, 0.6) is 0 Å². The Morgan fingerprint density at radius 2 is 1.90 bits per heavy atom. The normalized spacial score (nSPS) is 14.2. The highest BCUT2D eigenvalue weighted by atomic mass is 16.5. The van der Waals surface area contributed by atoms with Crippen LogP contribution in [0.3, 0.4) is 0 Å². The Morgan fingerprint density at radius 3 is 2.67 bits per heavy atom. The van der Waals surface area contributed by atoms with E-state index in [0.29, 0.717) is 12.2 Å². The van der Waals surface area contributed by atoms with Crippen molar-refractivity contribution in [3.05, 3.63) is 64.0 Å². The van der Waals surface area contributed by atoms with E-state index >= 15 is 0 Å². The number of carbonyl (C=O) groups excluding carboxylic acids is 1. The Labute approximate surface area is 173 Å². The number of likely N-dealkylation sites (tertiary alicyclic amines) is 1. The third-order valence-electron chi connectivity index (χ3n) is 5.08. The van der Waals surface area contributed by atoms with Crippen LogP contribution in [0.1, 0.15) is 34.9 Å². The van der Waals surface area contributed by atoms with Gasteiger partial charge in [0.1, 0.15) is 6.54 Å². The van der Waals surface area contributed by atoms with Crippen molar-refractivity contribution in [2.45, 2.75) is 26.3 Å². The van der Waals surface area contributed by atoms with E-state index in [1.807, 2.05) is 31.2 Å². The van der Waals surface area contributed by atoms with Crippen LogP contribution >= 0.6 is 0 Å². The van der Waals surface area contributed by atoms with Crippen LogP contribution in [0.2, 0.25) is 0 Å². The summed E-state index contributed by atoms with van der Waals surface area (Å²) in [6.07, 6.45) is 2.42. The summed E-state index contributed by atoms with van der Waals surface area (Å²) in [4.78, 5) is 30.8. The smallest absolute Gasteiger partial charge is 0.316 e. The molecule has 1 amide bonds. The van der Waals surface area contributed by atoms with E-state index in [4.69, 9.17) is 4.52 Å². The van der Waals surface area contributed by atoms with Crippen molar-refractivity contribution in [1.82, 2.24) is 30.1 Å². The summed E-state index contributed by atoms with van der Waals surface area (Å²) in [6.45, 7) is 5.50. The first-order valence-corrected chi connectivity index (χ1v) is 10.1. The van der Waals surface area contributed by atoms with Crippen molar-refractivity contribution in [1.29, 1.82) is 0 Å². The number of carbonyl (C=O) groups is 1. The zero-order valence-electron chi connectivity index (χ0n) is 16.9. The molecule has 1 aromatic carbocycles. The highest BCUT2D eigenvalue weighted by Crippen LogP contribution is 2.16. The topological polar surface area (TPSA) is 106 Å². The molecule has 1 aliphatic heterocycles. The summed E-state index contributed by atoms with van der Waals surface area (Å²) < 4.78 is 6.32. The van der Waals surface area contributed by atoms with Gasteiger partial charge in [-0.3, -0.25) is 9.59 Å². The molecule has 30 heavy (non-hydrogen) atoms. The summed E-state index contributed by atoms with van der Waals surface area (Å²) in [5, 5.41) is 11.0. The lowest BCUT2D eigenvalue weighted by Gasteiger charge is -2.13. The largest absolute Gasteiger partial charge is 0.347 e. The lowest BCUT2D eigenvalue weighted by molar-refractivity contribution is 0.0906. The predicted molar refractivity (Wildman–Crippen MR) is 110 cm³/mol. The third-order valence-corrected chi connectivity index (χ3v) is 5.08. The lowest BCUT2D eigenvalue weighted by Crippen LogP contribution is -2.33. The summed E-state index contributed by atoms with van der Waals surface area (Å²) in [6, 6.07) is 11.0. The second-order valence-electron chi connectivity index (χ2n) is 7.40. The van der Waals surface area contributed by atoms with E-state index in [9.17, 15) is 9.59 Å². The van der Waals surface area contributed by atoms with E-state index in [2.05, 4.69) is 25.5 Å². The minimum absolute atomic E-state index is 0.0170. The molecule has 9 nitrogen and oxygen atoms in total. The van der Waals surface area contributed by atoms with Gasteiger partial charge in [0.25, 0.3) is 5.56 Å². The van der Waals surface area contributed by atoms with Crippen LogP contribution in [-0.4, -0.2) is 56.9 Å². The van der Waals surface area contributed by atoms with Crippen molar-refractivity contribution in [2.24, 2.45) is 0 Å². The second-order valence-corrected chi connectivity index (χ2v) is 7.40. The molecule has 0 radical (unpaired) electrons. The standard InChI is InChI=1S/C21H24N6O3/c1-15-4-6-16(7-5-15)17-8-9-19(28)27(24-17)14-18-23-21(30-25-18)20(29)22-10-13-26-11-2-3-12-26/h4-9H,2-3,10-14H2,1H3,(H,22,29). The molecule has 1 aliphatic rings. The summed E-state index contributed by atoms with van der Waals surface area (Å²) in [5.41, 5.74) is 2.43. The van der Waals surface area contributed by atoms with Crippen LogP contribution in [0, 0.1) is 6.92 Å². The van der Waals surface area contributed by atoms with Gasteiger partial charge in [-0.05, 0) is 38.9 Å². The molecular formula is C21H24N6O3. The summed E-state index contributed by atoms with van der Waals surface area (Å²) >= 11 is 0. The molecule has 0 spiro atoms. The van der Waals surface area contributed by atoms with Crippen LogP contribution in [-0.2, 0) is 6.54 Å². The fourth-order valence-corrected chi connectivity index (χ4v) is 3.39. The van der Waals surface area contributed by atoms with Crippen molar-refractivity contribution < 1.29 is 9.32 Å². The van der Waals surface area contributed by atoms with Gasteiger partial charge in [-0.15, -0.1) is 0 Å². The van der Waals surface area contributed by atoms with Crippen molar-refractivity contribution in [2.75, 3.05) is 26.2 Å². The van der Waals surface area contributed by atoms with Gasteiger partial charge in [0, 0.05) is 24.7 Å². The molecule has 0 bridgehead atoms. The Hall–Kier alpha value is -3.33. The molecule has 0 aliphatic carbocycles. The predicted octanol–water partition coefficient (Wildman–Crippen LogP) is 1.48. The van der Waals surface area contributed by atoms with E-state index in [1.54, 1.807) is 6.07 Å². The number of amides is 1. The number of nitrogens with one attached hydrogen (secondary N) is 1. The average molecular weight is 408 g/mol. The Kier molecular flexibility index (Phi) is 5.99. The number of aromatic nitrogens is 4. The number of nitrogens with zero attached hydrogens (tertiary/aromatic N) is 5. The fraction of sp³-hybridized carbons (Fsp3) is 0.381. The molecule has 156 valence electrons. The maximum atomic E-state index is 12.2. The third kappa shape index (κ3) is 4.80. The molecule has 0 atom stereocenters. The van der Waals surface area contributed by atoms with Crippen molar-refractivity contribution >= 4 is 5.91 Å². The number of benzene rings is 1. The zero-order chi connectivity index (χ0) is 20.9. The quantitative estimate of drug-likeness (QED) is 0.631. The molecule has 1 saturated heterocycles. The Bertz CT molecular complexity index is 1070. The van der Waals surface area contributed by atoms with Crippen LogP contribution in [0.4, 0.5) is 0 Å². The molecule has 2 aromatic heterocycles. The van der Waals surface area contributed by atoms with E-state index < -0.39 is 5.91 Å². The van der Waals surface area contributed by atoms with Crippen LogP contribution in [0.15, 0.2) is 45.7 Å². The van der Waals surface area contributed by atoms with Gasteiger partial charge in [0.15, 0.2) is 5.82 Å². The molecule has 0 unspecified atom stereocenters. The number of hydrogen-bond acceptors (Lipinski definition) is 7. The highest BCUT2D eigenvalue weighted by Gasteiger charge is 2.17. The van der Waals surface area contributed by atoms with Gasteiger partial charge < -0.3 is 14.7 Å². The summed E-state index contributed by atoms with van der Waals surface area (Å²) in [7, 11) is 0. The molecule has 9 heteroatoms. The molecule has 1 N–H and O–H groups in total. The van der Waals surface area contributed by atoms with Crippen molar-refractivity contribution in [3.8, 4) is 11.3 Å². The number of aryl methyl sites for hydroxylation is 1. The van der Waals surface area contributed by atoms with E-state index in [1.165, 1.54) is 23.6 Å². The van der Waals surface area contributed by atoms with Crippen LogP contribution in [0.25, 0.3) is 11.3 Å². The van der Waals surface area contributed by atoms with Gasteiger partial charge in [-0.2, -0.15) is 10.1 Å². The minimum atomic E-state index is -0.415. The molecule has 0 saturated carbocycles. The fourth-order valence-electron chi connectivity index (χ4n) is 3.39. The zero-order valence-corrected chi connectivity index (χ0v) is 16.9. The summed E-state index contributed by atoms with van der Waals surface area (Å²) in [5.74, 6) is -0.314. The SMILES string of the molecule is Cc1ccc(-c2ccc(=O)n(Cc3noc(C(=O)NCCN4CCCC4)n3)n2)cc1. The lowest BCUT2D eigenvalue weighted by atomic mass is 10.1. The molecule has 3 aromatic rings. The first-order valence-electron chi connectivity index (χ1n) is 10.1. The average Bonchev–Trinajstić information content (AvgIpc) is 3.42. The maximum Gasteiger partial charge on any atom is 0.316 e. The number of rotatable bonds is 7. The van der Waals surface area contributed by atoms with E-state index in [0.717, 1.165) is 30.8 Å². The Morgan fingerprint density at radius 1 is 1.13 bits per heavy atom. The van der Waals surface area contributed by atoms with E-state index in [-0.39, 0.29) is 23.8 Å². The second kappa shape index (κ2) is 9.00. The molecule has 4 rings (SSSR count).